The van der Waals surface area contributed by atoms with Crippen molar-refractivity contribution in [3.05, 3.63) is 23.8 Å². The number of likely N-dealkylation sites (tertiary alicyclic amines) is 1. The Morgan fingerprint density at radius 3 is 2.59 bits per heavy atom. The molecular weight excluding hydrogens is 344 g/mol. The maximum Gasteiger partial charge on any atom is 0.231 e. The summed E-state index contributed by atoms with van der Waals surface area (Å²) in [4.78, 5) is 26.3. The molecule has 146 valence electrons. The molecule has 2 amide bonds. The smallest absolute Gasteiger partial charge is 0.231 e. The van der Waals surface area contributed by atoms with E-state index in [1.807, 2.05) is 23.1 Å². The largest absolute Gasteiger partial charge is 0.454 e. The van der Waals surface area contributed by atoms with E-state index in [9.17, 15) is 9.59 Å². The molecule has 2 heterocycles. The maximum atomic E-state index is 12.5. The molecule has 1 aliphatic carbocycles. The Kier molecular flexibility index (Phi) is 5.50. The molecule has 0 aromatic heterocycles. The molecule has 1 N–H and O–H groups in total. The number of hydrogen-bond acceptors (Lipinski definition) is 4. The highest BCUT2D eigenvalue weighted by molar-refractivity contribution is 5.77. The van der Waals surface area contributed by atoms with Crippen LogP contribution in [-0.4, -0.2) is 42.6 Å². The molecule has 1 aromatic rings. The lowest BCUT2D eigenvalue weighted by atomic mass is 9.91. The van der Waals surface area contributed by atoms with Gasteiger partial charge in [0.2, 0.25) is 18.6 Å². The number of nitrogens with zero attached hydrogens (tertiary/aromatic N) is 1. The number of carbonyl (C=O) groups excluding carboxylic acids is 2. The Balaban J connectivity index is 1.15. The first-order valence-corrected chi connectivity index (χ1v) is 10.1. The van der Waals surface area contributed by atoms with Crippen molar-refractivity contribution in [1.29, 1.82) is 0 Å². The van der Waals surface area contributed by atoms with Crippen molar-refractivity contribution >= 4 is 11.8 Å². The standard InChI is InChI=1S/C21H28N2O4/c24-20(22-17-4-5-17)7-2-15-9-11-23(12-10-15)21(25)8-3-16-1-6-18-19(13-16)27-14-26-18/h1,6,13,15,17H,2-5,7-12,14H2,(H,22,24). The van der Waals surface area contributed by atoms with Gasteiger partial charge < -0.3 is 19.7 Å². The molecule has 0 atom stereocenters. The highest BCUT2D eigenvalue weighted by Gasteiger charge is 2.25. The van der Waals surface area contributed by atoms with Gasteiger partial charge in [-0.3, -0.25) is 9.59 Å². The SMILES string of the molecule is O=C(CCC1CCN(C(=O)CCc2ccc3c(c2)OCO3)CC1)NC1CC1. The van der Waals surface area contributed by atoms with Crippen LogP contribution in [0.25, 0.3) is 0 Å². The lowest BCUT2D eigenvalue weighted by molar-refractivity contribution is -0.132. The van der Waals surface area contributed by atoms with Crippen LogP contribution in [-0.2, 0) is 16.0 Å². The van der Waals surface area contributed by atoms with E-state index in [0.717, 1.165) is 68.7 Å². The third-order valence-corrected chi connectivity index (χ3v) is 5.75. The molecule has 6 nitrogen and oxygen atoms in total. The second-order valence-electron chi connectivity index (χ2n) is 7.89. The van der Waals surface area contributed by atoms with Gasteiger partial charge in [-0.15, -0.1) is 0 Å². The van der Waals surface area contributed by atoms with Gasteiger partial charge in [0.15, 0.2) is 11.5 Å². The number of amides is 2. The fraction of sp³-hybridized carbons (Fsp3) is 0.619. The summed E-state index contributed by atoms with van der Waals surface area (Å²) in [5, 5.41) is 3.05. The monoisotopic (exact) mass is 372 g/mol. The minimum atomic E-state index is 0.194. The van der Waals surface area contributed by atoms with Crippen LogP contribution in [0, 0.1) is 5.92 Å². The number of carbonyl (C=O) groups is 2. The molecular formula is C21H28N2O4. The average Bonchev–Trinajstić information content (AvgIpc) is 3.37. The van der Waals surface area contributed by atoms with Gasteiger partial charge in [0.25, 0.3) is 0 Å². The van der Waals surface area contributed by atoms with E-state index in [2.05, 4.69) is 5.32 Å². The zero-order chi connectivity index (χ0) is 18.6. The van der Waals surface area contributed by atoms with E-state index in [1.54, 1.807) is 0 Å². The van der Waals surface area contributed by atoms with Crippen molar-refractivity contribution in [2.45, 2.75) is 57.4 Å². The van der Waals surface area contributed by atoms with Gasteiger partial charge in [-0.1, -0.05) is 6.07 Å². The summed E-state index contributed by atoms with van der Waals surface area (Å²) < 4.78 is 10.7. The van der Waals surface area contributed by atoms with Crippen LogP contribution in [0.5, 0.6) is 11.5 Å². The average molecular weight is 372 g/mol. The summed E-state index contributed by atoms with van der Waals surface area (Å²) in [7, 11) is 0. The third kappa shape index (κ3) is 4.93. The van der Waals surface area contributed by atoms with Gasteiger partial charge >= 0.3 is 0 Å². The van der Waals surface area contributed by atoms with Crippen LogP contribution in [0.3, 0.4) is 0 Å². The van der Waals surface area contributed by atoms with Crippen molar-refractivity contribution in [3.63, 3.8) is 0 Å². The molecule has 0 spiro atoms. The van der Waals surface area contributed by atoms with Crippen LogP contribution in [0.2, 0.25) is 0 Å². The predicted octanol–water partition coefficient (Wildman–Crippen LogP) is 2.65. The normalized spacial score (nSPS) is 19.2. The molecule has 1 saturated heterocycles. The molecule has 2 fully saturated rings. The van der Waals surface area contributed by atoms with Crippen LogP contribution >= 0.6 is 0 Å². The van der Waals surface area contributed by atoms with Crippen molar-refractivity contribution in [3.8, 4) is 11.5 Å². The summed E-state index contributed by atoms with van der Waals surface area (Å²) in [6.07, 6.45) is 7.10. The summed E-state index contributed by atoms with van der Waals surface area (Å²) in [6, 6.07) is 6.32. The number of benzene rings is 1. The molecule has 2 aliphatic heterocycles. The van der Waals surface area contributed by atoms with E-state index in [-0.39, 0.29) is 18.6 Å². The summed E-state index contributed by atoms with van der Waals surface area (Å²) in [5.74, 6) is 2.52. The highest BCUT2D eigenvalue weighted by atomic mass is 16.7. The Labute approximate surface area is 160 Å². The minimum absolute atomic E-state index is 0.194. The topological polar surface area (TPSA) is 67.9 Å². The second-order valence-corrected chi connectivity index (χ2v) is 7.89. The molecule has 0 radical (unpaired) electrons. The van der Waals surface area contributed by atoms with Crippen LogP contribution in [0.1, 0.15) is 50.5 Å². The number of piperidine rings is 1. The van der Waals surface area contributed by atoms with E-state index in [1.165, 1.54) is 0 Å². The number of ether oxygens (including phenoxy) is 2. The Morgan fingerprint density at radius 2 is 1.81 bits per heavy atom. The third-order valence-electron chi connectivity index (χ3n) is 5.75. The van der Waals surface area contributed by atoms with E-state index in [0.29, 0.717) is 24.8 Å². The van der Waals surface area contributed by atoms with Gasteiger partial charge in [0, 0.05) is 32.0 Å². The number of hydrogen-bond donors (Lipinski definition) is 1. The maximum absolute atomic E-state index is 12.5. The van der Waals surface area contributed by atoms with Gasteiger partial charge in [-0.25, -0.2) is 0 Å². The molecule has 0 unspecified atom stereocenters. The quantitative estimate of drug-likeness (QED) is 0.799. The van der Waals surface area contributed by atoms with E-state index in [4.69, 9.17) is 9.47 Å². The lowest BCUT2D eigenvalue weighted by Crippen LogP contribution is -2.38. The molecule has 1 aromatic carbocycles. The molecule has 3 aliphatic rings. The zero-order valence-electron chi connectivity index (χ0n) is 15.7. The van der Waals surface area contributed by atoms with Gasteiger partial charge in [0.05, 0.1) is 0 Å². The molecule has 27 heavy (non-hydrogen) atoms. The van der Waals surface area contributed by atoms with E-state index < -0.39 is 0 Å². The molecule has 0 bridgehead atoms. The Hall–Kier alpha value is -2.24. The zero-order valence-corrected chi connectivity index (χ0v) is 15.7. The first kappa shape index (κ1) is 18.1. The van der Waals surface area contributed by atoms with Crippen LogP contribution < -0.4 is 14.8 Å². The molecule has 6 heteroatoms. The van der Waals surface area contributed by atoms with E-state index >= 15 is 0 Å². The van der Waals surface area contributed by atoms with Gasteiger partial charge in [-0.2, -0.15) is 0 Å². The Bertz CT molecular complexity index is 693. The number of fused-ring (bicyclic) bond motifs is 1. The first-order valence-electron chi connectivity index (χ1n) is 10.1. The second kappa shape index (κ2) is 8.19. The number of aryl methyl sites for hydroxylation is 1. The van der Waals surface area contributed by atoms with Gasteiger partial charge in [-0.05, 0) is 62.1 Å². The summed E-state index contributed by atoms with van der Waals surface area (Å²) >= 11 is 0. The molecule has 1 saturated carbocycles. The summed E-state index contributed by atoms with van der Waals surface area (Å²) in [6.45, 7) is 1.90. The van der Waals surface area contributed by atoms with Crippen molar-refractivity contribution < 1.29 is 19.1 Å². The van der Waals surface area contributed by atoms with Gasteiger partial charge in [0.1, 0.15) is 0 Å². The molecule has 4 rings (SSSR count). The fourth-order valence-corrected chi connectivity index (χ4v) is 3.84. The van der Waals surface area contributed by atoms with Crippen LogP contribution in [0.4, 0.5) is 0 Å². The van der Waals surface area contributed by atoms with Crippen molar-refractivity contribution in [2.75, 3.05) is 19.9 Å². The lowest BCUT2D eigenvalue weighted by Gasteiger charge is -2.32. The number of rotatable bonds is 7. The predicted molar refractivity (Wildman–Crippen MR) is 101 cm³/mol. The van der Waals surface area contributed by atoms with Crippen molar-refractivity contribution in [1.82, 2.24) is 10.2 Å². The first-order chi connectivity index (χ1) is 13.2. The van der Waals surface area contributed by atoms with Crippen molar-refractivity contribution in [2.24, 2.45) is 5.92 Å². The van der Waals surface area contributed by atoms with Crippen LogP contribution in [0.15, 0.2) is 18.2 Å². The fourth-order valence-electron chi connectivity index (χ4n) is 3.84. The summed E-state index contributed by atoms with van der Waals surface area (Å²) in [5.41, 5.74) is 1.10. The minimum Gasteiger partial charge on any atom is -0.454 e. The number of nitrogens with one attached hydrogen (secondary N) is 1. The Morgan fingerprint density at radius 1 is 1.04 bits per heavy atom. The highest BCUT2D eigenvalue weighted by Crippen LogP contribution is 2.33.